The van der Waals surface area contributed by atoms with Crippen LogP contribution < -0.4 is 0 Å². The van der Waals surface area contributed by atoms with E-state index in [1.54, 1.807) is 4.90 Å². The van der Waals surface area contributed by atoms with Gasteiger partial charge >= 0.3 is 6.16 Å². The van der Waals surface area contributed by atoms with E-state index in [9.17, 15) is 0 Å². The van der Waals surface area contributed by atoms with E-state index in [0.717, 1.165) is 0 Å². The predicted molar refractivity (Wildman–Crippen MR) is 69.8 cm³/mol. The molecule has 0 atom stereocenters. The van der Waals surface area contributed by atoms with Crippen LogP contribution in [0.1, 0.15) is 0 Å². The van der Waals surface area contributed by atoms with Crippen molar-refractivity contribution < 1.29 is 35.1 Å². The van der Waals surface area contributed by atoms with E-state index in [-0.39, 0.29) is 19.8 Å². The van der Waals surface area contributed by atoms with Crippen molar-refractivity contribution in [3.8, 4) is 0 Å². The minimum atomic E-state index is -1.83. The highest BCUT2D eigenvalue weighted by molar-refractivity contribution is 5.53. The zero-order valence-corrected chi connectivity index (χ0v) is 10.8. The fourth-order valence-electron chi connectivity index (χ4n) is 0.828. The Balaban J connectivity index is -0.000000238. The minimum Gasteiger partial charge on any atom is -0.474 e. The van der Waals surface area contributed by atoms with E-state index in [4.69, 9.17) is 30.3 Å². The van der Waals surface area contributed by atoms with Gasteiger partial charge < -0.3 is 30.3 Å². The summed E-state index contributed by atoms with van der Waals surface area (Å²) in [6, 6.07) is 0. The van der Waals surface area contributed by atoms with Crippen molar-refractivity contribution in [1.29, 1.82) is 0 Å². The van der Waals surface area contributed by atoms with Crippen LogP contribution in [0.5, 0.6) is 0 Å². The molecule has 8 heteroatoms. The Labute approximate surface area is 112 Å². The third-order valence-electron chi connectivity index (χ3n) is 1.44. The lowest BCUT2D eigenvalue weighted by Gasteiger charge is -2.17. The second-order valence-corrected chi connectivity index (χ2v) is 2.76. The van der Waals surface area contributed by atoms with Crippen LogP contribution in [0.3, 0.4) is 0 Å². The normalized spacial score (nSPS) is 8.42. The van der Waals surface area contributed by atoms with Crippen molar-refractivity contribution in [3.05, 3.63) is 25.7 Å². The number of ether oxygens (including phenoxy) is 1. The summed E-state index contributed by atoms with van der Waals surface area (Å²) in [6.07, 6.45) is 0.792. The summed E-state index contributed by atoms with van der Waals surface area (Å²) in [4.78, 5) is 10.3. The average Bonchev–Trinajstić information content (AvgIpc) is 2.31. The number of aliphatic hydroxyl groups excluding tert-OH is 3. The van der Waals surface area contributed by atoms with E-state index in [1.807, 2.05) is 0 Å². The zero-order chi connectivity index (χ0) is 15.5. The third kappa shape index (κ3) is 38.5. The van der Waals surface area contributed by atoms with Gasteiger partial charge in [-0.1, -0.05) is 13.2 Å². The van der Waals surface area contributed by atoms with Crippen LogP contribution in [0.4, 0.5) is 4.79 Å². The summed E-state index contributed by atoms with van der Waals surface area (Å²) >= 11 is 0. The van der Waals surface area contributed by atoms with Crippen LogP contribution >= 0.6 is 0 Å². The van der Waals surface area contributed by atoms with Gasteiger partial charge in [-0.2, -0.15) is 0 Å². The van der Waals surface area contributed by atoms with Crippen LogP contribution in [0.25, 0.3) is 0 Å². The van der Waals surface area contributed by atoms with Gasteiger partial charge in [-0.15, -0.1) is 0 Å². The van der Waals surface area contributed by atoms with E-state index in [1.165, 1.54) is 12.5 Å². The van der Waals surface area contributed by atoms with Crippen LogP contribution in [0.15, 0.2) is 25.7 Å². The summed E-state index contributed by atoms with van der Waals surface area (Å²) in [5.41, 5.74) is 0. The molecule has 0 aromatic heterocycles. The Morgan fingerprint density at radius 2 is 1.21 bits per heavy atom. The van der Waals surface area contributed by atoms with Crippen LogP contribution in [-0.2, 0) is 4.74 Å². The van der Waals surface area contributed by atoms with Crippen LogP contribution in [0.2, 0.25) is 0 Å². The molecule has 0 saturated heterocycles. The first kappa shape index (κ1) is 22.6. The molecule has 0 fully saturated rings. The van der Waals surface area contributed by atoms with Crippen molar-refractivity contribution in [2.45, 2.75) is 0 Å². The van der Waals surface area contributed by atoms with Gasteiger partial charge in [0.2, 0.25) is 0 Å². The van der Waals surface area contributed by atoms with Gasteiger partial charge in [-0.3, -0.25) is 4.90 Å². The van der Waals surface area contributed by atoms with Crippen molar-refractivity contribution in [2.75, 3.05) is 39.5 Å². The van der Waals surface area contributed by atoms with Crippen molar-refractivity contribution in [1.82, 2.24) is 4.90 Å². The van der Waals surface area contributed by atoms with Gasteiger partial charge in [0.25, 0.3) is 0 Å². The number of nitrogens with zero attached hydrogens (tertiary/aromatic N) is 1. The molecule has 0 radical (unpaired) electrons. The molecule has 0 aliphatic rings. The SMILES string of the molecule is C=COC=C.O=C(O)O.OCCN(CCO)CCO. The summed E-state index contributed by atoms with van der Waals surface area (Å²) in [6.45, 7) is 8.27. The summed E-state index contributed by atoms with van der Waals surface area (Å²) in [5.74, 6) is 0. The van der Waals surface area contributed by atoms with Crippen molar-refractivity contribution in [2.24, 2.45) is 0 Å². The molecule has 0 aromatic rings. The van der Waals surface area contributed by atoms with Gasteiger partial charge in [0.15, 0.2) is 0 Å². The third-order valence-corrected chi connectivity index (χ3v) is 1.44. The highest BCUT2D eigenvalue weighted by atomic mass is 16.6. The maximum absolute atomic E-state index is 8.56. The van der Waals surface area contributed by atoms with Gasteiger partial charge in [-0.25, -0.2) is 4.79 Å². The molecule has 19 heavy (non-hydrogen) atoms. The highest BCUT2D eigenvalue weighted by Gasteiger charge is 2.00. The van der Waals surface area contributed by atoms with E-state index in [2.05, 4.69) is 17.9 Å². The molecule has 0 spiro atoms. The van der Waals surface area contributed by atoms with Crippen LogP contribution in [-0.4, -0.2) is 76.0 Å². The standard InChI is InChI=1S/C6H15NO3.C4H6O.CH2O3/c8-4-1-7(2-5-9)3-6-10;1-3-5-4-2;2-1(3)4/h8-10H,1-6H2;3-4H,1-2H2;(H2,2,3,4). The van der Waals surface area contributed by atoms with Gasteiger partial charge in [0.05, 0.1) is 32.3 Å². The molecule has 0 aromatic carbocycles. The van der Waals surface area contributed by atoms with Crippen LogP contribution in [0, 0.1) is 0 Å². The first-order chi connectivity index (χ1) is 8.99. The second kappa shape index (κ2) is 21.7. The Morgan fingerprint density at radius 3 is 1.32 bits per heavy atom. The number of hydrogen-bond acceptors (Lipinski definition) is 6. The highest BCUT2D eigenvalue weighted by Crippen LogP contribution is 1.84. The van der Waals surface area contributed by atoms with Gasteiger partial charge in [0.1, 0.15) is 0 Å². The lowest BCUT2D eigenvalue weighted by Crippen LogP contribution is -2.32. The largest absolute Gasteiger partial charge is 0.503 e. The molecule has 0 aliphatic carbocycles. The summed E-state index contributed by atoms with van der Waals surface area (Å²) in [5, 5.41) is 39.4. The number of carbonyl (C=O) groups is 1. The van der Waals surface area contributed by atoms with Crippen molar-refractivity contribution in [3.63, 3.8) is 0 Å². The smallest absolute Gasteiger partial charge is 0.474 e. The molecule has 114 valence electrons. The quantitative estimate of drug-likeness (QED) is 0.386. The first-order valence-electron chi connectivity index (χ1n) is 5.34. The molecule has 0 amide bonds. The van der Waals surface area contributed by atoms with Gasteiger partial charge in [0, 0.05) is 19.6 Å². The lowest BCUT2D eigenvalue weighted by atomic mass is 10.4. The summed E-state index contributed by atoms with van der Waals surface area (Å²) in [7, 11) is 0. The summed E-state index contributed by atoms with van der Waals surface area (Å²) < 4.78 is 4.36. The molecule has 8 nitrogen and oxygen atoms in total. The molecule has 5 N–H and O–H groups in total. The molecule has 0 rings (SSSR count). The number of aliphatic hydroxyl groups is 3. The number of rotatable bonds is 8. The molecule has 0 bridgehead atoms. The molecular formula is C11H23NO7. The fourth-order valence-corrected chi connectivity index (χ4v) is 0.828. The maximum Gasteiger partial charge on any atom is 0.503 e. The topological polar surface area (TPSA) is 131 Å². The average molecular weight is 281 g/mol. The van der Waals surface area contributed by atoms with E-state index >= 15 is 0 Å². The molecule has 0 heterocycles. The second-order valence-electron chi connectivity index (χ2n) is 2.76. The Bertz CT molecular complexity index is 187. The zero-order valence-electron chi connectivity index (χ0n) is 10.8. The van der Waals surface area contributed by atoms with Crippen molar-refractivity contribution >= 4 is 6.16 Å². The van der Waals surface area contributed by atoms with Gasteiger partial charge in [-0.05, 0) is 0 Å². The Morgan fingerprint density at radius 1 is 0.947 bits per heavy atom. The fraction of sp³-hybridized carbons (Fsp3) is 0.545. The Kier molecular flexibility index (Phi) is 25.7. The predicted octanol–water partition coefficient (Wildman–Crippen LogP) is -0.222. The minimum absolute atomic E-state index is 0.0694. The maximum atomic E-state index is 8.56. The monoisotopic (exact) mass is 281 g/mol. The van der Waals surface area contributed by atoms with E-state index in [0.29, 0.717) is 19.6 Å². The lowest BCUT2D eigenvalue weighted by molar-refractivity contribution is 0.135. The molecule has 0 saturated carbocycles. The number of carboxylic acid groups (broad SMARTS) is 2. The molecule has 0 unspecified atom stereocenters. The Hall–Kier alpha value is -1.61. The molecular weight excluding hydrogens is 258 g/mol. The first-order valence-corrected chi connectivity index (χ1v) is 5.34. The number of hydrogen-bond donors (Lipinski definition) is 5. The van der Waals surface area contributed by atoms with E-state index < -0.39 is 6.16 Å². The molecule has 0 aliphatic heterocycles.